The van der Waals surface area contributed by atoms with Crippen molar-refractivity contribution in [3.8, 4) is 11.4 Å². The van der Waals surface area contributed by atoms with E-state index in [4.69, 9.17) is 16.1 Å². The van der Waals surface area contributed by atoms with Gasteiger partial charge in [-0.2, -0.15) is 4.98 Å². The van der Waals surface area contributed by atoms with E-state index in [-0.39, 0.29) is 5.91 Å². The summed E-state index contributed by atoms with van der Waals surface area (Å²) in [5, 5.41) is 4.69. The second-order valence-corrected chi connectivity index (χ2v) is 6.36. The number of aromatic nitrogens is 3. The van der Waals surface area contributed by atoms with Crippen molar-refractivity contribution in [1.29, 1.82) is 0 Å². The zero-order chi connectivity index (χ0) is 17.9. The highest BCUT2D eigenvalue weighted by atomic mass is 35.5. The Labute approximate surface area is 155 Å². The fourth-order valence-corrected chi connectivity index (χ4v) is 2.96. The predicted octanol–water partition coefficient (Wildman–Crippen LogP) is 2.75. The molecule has 132 valence electrons. The molecule has 0 unspecified atom stereocenters. The molecule has 0 spiro atoms. The van der Waals surface area contributed by atoms with E-state index in [0.717, 1.165) is 5.56 Å². The fraction of sp³-hybridized carbons (Fsp3) is 0.222. The molecule has 1 aliphatic rings. The van der Waals surface area contributed by atoms with E-state index >= 15 is 0 Å². The number of hydrogen-bond donors (Lipinski definition) is 0. The molecule has 3 heterocycles. The molecule has 0 atom stereocenters. The minimum atomic E-state index is 0.0134. The summed E-state index contributed by atoms with van der Waals surface area (Å²) in [6, 6.07) is 11.2. The quantitative estimate of drug-likeness (QED) is 0.706. The number of hydrogen-bond acceptors (Lipinski definition) is 6. The highest BCUT2D eigenvalue weighted by Gasteiger charge is 2.25. The molecule has 7 nitrogen and oxygen atoms in total. The van der Waals surface area contributed by atoms with Crippen LogP contribution >= 0.6 is 11.6 Å². The van der Waals surface area contributed by atoms with Gasteiger partial charge in [-0.25, -0.2) is 0 Å². The van der Waals surface area contributed by atoms with Crippen molar-refractivity contribution in [2.75, 3.05) is 31.1 Å². The zero-order valence-electron chi connectivity index (χ0n) is 13.9. The van der Waals surface area contributed by atoms with Gasteiger partial charge in [-0.15, -0.1) is 0 Å². The monoisotopic (exact) mass is 369 g/mol. The van der Waals surface area contributed by atoms with Gasteiger partial charge in [0.05, 0.1) is 0 Å². The number of pyridine rings is 1. The minimum absolute atomic E-state index is 0.0134. The molecule has 1 aliphatic heterocycles. The molecule has 26 heavy (non-hydrogen) atoms. The van der Waals surface area contributed by atoms with Gasteiger partial charge in [0, 0.05) is 54.7 Å². The van der Waals surface area contributed by atoms with Crippen LogP contribution in [0.25, 0.3) is 11.4 Å². The molecule has 0 aliphatic carbocycles. The summed E-state index contributed by atoms with van der Waals surface area (Å²) in [6.45, 7) is 2.47. The Morgan fingerprint density at radius 3 is 2.38 bits per heavy atom. The molecule has 1 aromatic carbocycles. The highest BCUT2D eigenvalue weighted by Crippen LogP contribution is 2.22. The number of nitrogens with zero attached hydrogens (tertiary/aromatic N) is 5. The average molecular weight is 370 g/mol. The SMILES string of the molecule is O=C(c1ccncc1)N1CCN(c2nc(-c3ccc(Cl)cc3)no2)CC1. The van der Waals surface area contributed by atoms with Gasteiger partial charge >= 0.3 is 6.01 Å². The largest absolute Gasteiger partial charge is 0.335 e. The first-order chi connectivity index (χ1) is 12.7. The van der Waals surface area contributed by atoms with Crippen LogP contribution in [0.15, 0.2) is 53.3 Å². The molecular weight excluding hydrogens is 354 g/mol. The maximum absolute atomic E-state index is 12.5. The Bertz CT molecular complexity index is 889. The van der Waals surface area contributed by atoms with Crippen LogP contribution in [0.2, 0.25) is 5.02 Å². The summed E-state index contributed by atoms with van der Waals surface area (Å²) in [4.78, 5) is 24.7. The third-order valence-electron chi connectivity index (χ3n) is 4.28. The van der Waals surface area contributed by atoms with Crippen LogP contribution in [0, 0.1) is 0 Å². The van der Waals surface area contributed by atoms with Crippen LogP contribution in [0.5, 0.6) is 0 Å². The van der Waals surface area contributed by atoms with Crippen LogP contribution in [0.4, 0.5) is 6.01 Å². The summed E-state index contributed by atoms with van der Waals surface area (Å²) in [5.41, 5.74) is 1.49. The number of carbonyl (C=O) groups is 1. The molecule has 4 rings (SSSR count). The summed E-state index contributed by atoms with van der Waals surface area (Å²) >= 11 is 5.90. The Kier molecular flexibility index (Phi) is 4.53. The van der Waals surface area contributed by atoms with Crippen molar-refractivity contribution in [3.63, 3.8) is 0 Å². The van der Waals surface area contributed by atoms with E-state index in [9.17, 15) is 4.79 Å². The van der Waals surface area contributed by atoms with Crippen molar-refractivity contribution < 1.29 is 9.32 Å². The standard InChI is InChI=1S/C18H16ClN5O2/c19-15-3-1-13(2-4-15)16-21-18(26-22-16)24-11-9-23(10-12-24)17(25)14-5-7-20-8-6-14/h1-8H,9-12H2. The first kappa shape index (κ1) is 16.5. The molecule has 0 saturated carbocycles. The van der Waals surface area contributed by atoms with Gasteiger partial charge in [0.25, 0.3) is 5.91 Å². The lowest BCUT2D eigenvalue weighted by molar-refractivity contribution is 0.0744. The lowest BCUT2D eigenvalue weighted by atomic mass is 10.2. The van der Waals surface area contributed by atoms with Crippen LogP contribution in [0.1, 0.15) is 10.4 Å². The number of carbonyl (C=O) groups excluding carboxylic acids is 1. The maximum atomic E-state index is 12.5. The van der Waals surface area contributed by atoms with E-state index in [1.807, 2.05) is 21.9 Å². The number of benzene rings is 1. The molecule has 3 aromatic rings. The molecule has 0 radical (unpaired) electrons. The van der Waals surface area contributed by atoms with Gasteiger partial charge in [0.2, 0.25) is 5.82 Å². The van der Waals surface area contributed by atoms with Crippen LogP contribution in [-0.4, -0.2) is 52.1 Å². The van der Waals surface area contributed by atoms with Gasteiger partial charge in [-0.3, -0.25) is 9.78 Å². The highest BCUT2D eigenvalue weighted by molar-refractivity contribution is 6.30. The topological polar surface area (TPSA) is 75.4 Å². The van der Waals surface area contributed by atoms with E-state index in [2.05, 4.69) is 15.1 Å². The Balaban J connectivity index is 1.41. The minimum Gasteiger partial charge on any atom is -0.335 e. The van der Waals surface area contributed by atoms with E-state index < -0.39 is 0 Å². The number of anilines is 1. The Hall–Kier alpha value is -2.93. The average Bonchev–Trinajstić information content (AvgIpc) is 3.19. The Morgan fingerprint density at radius 1 is 1.00 bits per heavy atom. The van der Waals surface area contributed by atoms with Crippen LogP contribution < -0.4 is 4.90 Å². The normalized spacial score (nSPS) is 14.5. The summed E-state index contributed by atoms with van der Waals surface area (Å²) in [7, 11) is 0. The van der Waals surface area contributed by atoms with Gasteiger partial charge < -0.3 is 14.3 Å². The zero-order valence-corrected chi connectivity index (χ0v) is 14.6. The predicted molar refractivity (Wildman–Crippen MR) is 97.1 cm³/mol. The van der Waals surface area contributed by atoms with Gasteiger partial charge in [-0.1, -0.05) is 16.8 Å². The fourth-order valence-electron chi connectivity index (χ4n) is 2.84. The van der Waals surface area contributed by atoms with Crippen LogP contribution in [0.3, 0.4) is 0 Å². The molecule has 8 heteroatoms. The molecule has 1 saturated heterocycles. The lowest BCUT2D eigenvalue weighted by Gasteiger charge is -2.33. The summed E-state index contributed by atoms with van der Waals surface area (Å²) < 4.78 is 5.39. The number of piperazine rings is 1. The number of halogens is 1. The second kappa shape index (κ2) is 7.13. The molecular formula is C18H16ClN5O2. The summed E-state index contributed by atoms with van der Waals surface area (Å²) in [6.07, 6.45) is 3.25. The lowest BCUT2D eigenvalue weighted by Crippen LogP contribution is -2.48. The second-order valence-electron chi connectivity index (χ2n) is 5.92. The first-order valence-corrected chi connectivity index (χ1v) is 8.62. The summed E-state index contributed by atoms with van der Waals surface area (Å²) in [5.74, 6) is 0.534. The van der Waals surface area contributed by atoms with Gasteiger partial charge in [-0.05, 0) is 36.4 Å². The molecule has 2 aromatic heterocycles. The smallest absolute Gasteiger partial charge is 0.324 e. The number of amides is 1. The maximum Gasteiger partial charge on any atom is 0.324 e. The third kappa shape index (κ3) is 3.39. The van der Waals surface area contributed by atoms with Crippen molar-refractivity contribution in [1.82, 2.24) is 20.0 Å². The van der Waals surface area contributed by atoms with Crippen molar-refractivity contribution >= 4 is 23.5 Å². The van der Waals surface area contributed by atoms with Gasteiger partial charge in [0.1, 0.15) is 0 Å². The molecule has 1 amide bonds. The van der Waals surface area contributed by atoms with Crippen molar-refractivity contribution in [2.45, 2.75) is 0 Å². The van der Waals surface area contributed by atoms with Gasteiger partial charge in [0.15, 0.2) is 0 Å². The molecule has 0 bridgehead atoms. The van der Waals surface area contributed by atoms with Crippen LogP contribution in [-0.2, 0) is 0 Å². The number of rotatable bonds is 3. The Morgan fingerprint density at radius 2 is 1.69 bits per heavy atom. The van der Waals surface area contributed by atoms with Crippen molar-refractivity contribution in [3.05, 3.63) is 59.4 Å². The molecule has 1 fully saturated rings. The van der Waals surface area contributed by atoms with E-state index in [1.165, 1.54) is 0 Å². The van der Waals surface area contributed by atoms with E-state index in [0.29, 0.717) is 48.6 Å². The van der Waals surface area contributed by atoms with E-state index in [1.54, 1.807) is 36.7 Å². The third-order valence-corrected chi connectivity index (χ3v) is 4.53. The first-order valence-electron chi connectivity index (χ1n) is 8.24. The molecule has 0 N–H and O–H groups in total. The van der Waals surface area contributed by atoms with Crippen molar-refractivity contribution in [2.24, 2.45) is 0 Å².